The number of amides is 1. The Hall–Kier alpha value is -1.66. The van der Waals surface area contributed by atoms with Gasteiger partial charge in [0.05, 0.1) is 23.1 Å². The molecule has 1 aromatic carbocycles. The molecular weight excluding hydrogens is 364 g/mol. The first-order chi connectivity index (χ1) is 11.5. The van der Waals surface area contributed by atoms with Crippen molar-refractivity contribution in [2.75, 3.05) is 32.7 Å². The molecule has 2 aliphatic heterocycles. The molecule has 1 atom stereocenters. The van der Waals surface area contributed by atoms with E-state index in [1.165, 1.54) is 16.4 Å². The Labute approximate surface area is 154 Å². The van der Waals surface area contributed by atoms with E-state index in [1.54, 1.807) is 17.0 Å². The van der Waals surface area contributed by atoms with Gasteiger partial charge in [-0.1, -0.05) is 6.07 Å². The van der Waals surface area contributed by atoms with E-state index in [4.69, 9.17) is 5.26 Å². The van der Waals surface area contributed by atoms with E-state index in [9.17, 15) is 13.2 Å². The van der Waals surface area contributed by atoms with Crippen LogP contribution in [0.15, 0.2) is 29.2 Å². The molecule has 7 nitrogen and oxygen atoms in total. The molecule has 0 aromatic heterocycles. The summed E-state index contributed by atoms with van der Waals surface area (Å²) in [5, 5.41) is 12.0. The highest BCUT2D eigenvalue weighted by Crippen LogP contribution is 2.24. The van der Waals surface area contributed by atoms with Crippen molar-refractivity contribution in [3.8, 4) is 6.07 Å². The van der Waals surface area contributed by atoms with Gasteiger partial charge >= 0.3 is 0 Å². The van der Waals surface area contributed by atoms with Crippen LogP contribution >= 0.6 is 12.4 Å². The normalized spacial score (nSPS) is 22.1. The Morgan fingerprint density at radius 2 is 2.08 bits per heavy atom. The largest absolute Gasteiger partial charge is 0.336 e. The fourth-order valence-electron chi connectivity index (χ4n) is 3.28. The fraction of sp³-hybridized carbons (Fsp3) is 0.500. The number of carbonyl (C=O) groups excluding carboxylic acids is 1. The highest BCUT2D eigenvalue weighted by atomic mass is 35.5. The second-order valence-electron chi connectivity index (χ2n) is 6.06. The molecule has 136 valence electrons. The summed E-state index contributed by atoms with van der Waals surface area (Å²) in [5.41, 5.74) is 0.321. The first-order valence-corrected chi connectivity index (χ1v) is 9.47. The predicted octanol–water partition coefficient (Wildman–Crippen LogP) is 0.565. The average molecular weight is 385 g/mol. The lowest BCUT2D eigenvalue weighted by Crippen LogP contribution is -2.57. The van der Waals surface area contributed by atoms with Gasteiger partial charge in [-0.05, 0) is 31.0 Å². The van der Waals surface area contributed by atoms with Crippen molar-refractivity contribution in [1.29, 1.82) is 5.26 Å². The van der Waals surface area contributed by atoms with Crippen LogP contribution in [0, 0.1) is 11.3 Å². The fourth-order valence-corrected chi connectivity index (χ4v) is 4.84. The minimum atomic E-state index is -3.66. The number of nitrogens with one attached hydrogen (secondary N) is 1. The molecule has 1 amide bonds. The molecule has 25 heavy (non-hydrogen) atoms. The van der Waals surface area contributed by atoms with Gasteiger partial charge in [0, 0.05) is 32.2 Å². The van der Waals surface area contributed by atoms with Crippen molar-refractivity contribution in [3.63, 3.8) is 0 Å². The number of benzene rings is 1. The van der Waals surface area contributed by atoms with E-state index in [1.807, 2.05) is 6.07 Å². The lowest BCUT2D eigenvalue weighted by molar-refractivity contribution is -0.135. The van der Waals surface area contributed by atoms with Crippen LogP contribution < -0.4 is 5.32 Å². The minimum absolute atomic E-state index is 0. The molecular formula is C16H21ClN4O3S. The van der Waals surface area contributed by atoms with Gasteiger partial charge in [0.15, 0.2) is 0 Å². The first-order valence-electron chi connectivity index (χ1n) is 8.03. The van der Waals surface area contributed by atoms with Crippen LogP contribution in [0.4, 0.5) is 0 Å². The third-order valence-corrected chi connectivity index (χ3v) is 6.39. The molecule has 1 N–H and O–H groups in total. The number of rotatable bonds is 3. The number of hydrogen-bond donors (Lipinski definition) is 1. The minimum Gasteiger partial charge on any atom is -0.336 e. The number of piperidine rings is 1. The van der Waals surface area contributed by atoms with Crippen LogP contribution in [0.25, 0.3) is 0 Å². The number of halogens is 1. The first kappa shape index (κ1) is 19.7. The standard InChI is InChI=1S/C16H20N4O3S.ClH/c17-10-13-3-1-5-15(9-13)24(22,23)19-7-2-4-14(12-19)20-8-6-18-11-16(20)21;/h1,3,5,9,14,18H,2,4,6-8,11-12H2;1H. The maximum atomic E-state index is 12.9. The summed E-state index contributed by atoms with van der Waals surface area (Å²) in [6.45, 7) is 2.41. The molecule has 2 aliphatic rings. The molecule has 0 saturated carbocycles. The number of sulfonamides is 1. The topological polar surface area (TPSA) is 93.5 Å². The van der Waals surface area contributed by atoms with Gasteiger partial charge in [0.25, 0.3) is 0 Å². The van der Waals surface area contributed by atoms with Crippen molar-refractivity contribution in [3.05, 3.63) is 29.8 Å². The Kier molecular flexibility index (Phi) is 6.41. The van der Waals surface area contributed by atoms with Crippen molar-refractivity contribution in [2.24, 2.45) is 0 Å². The smallest absolute Gasteiger partial charge is 0.243 e. The van der Waals surface area contributed by atoms with Crippen LogP contribution in [0.5, 0.6) is 0 Å². The zero-order chi connectivity index (χ0) is 17.2. The van der Waals surface area contributed by atoms with E-state index < -0.39 is 10.0 Å². The zero-order valence-electron chi connectivity index (χ0n) is 13.7. The van der Waals surface area contributed by atoms with E-state index >= 15 is 0 Å². The van der Waals surface area contributed by atoms with Crippen LogP contribution in [0.1, 0.15) is 18.4 Å². The summed E-state index contributed by atoms with van der Waals surface area (Å²) in [6.07, 6.45) is 1.54. The third-order valence-electron chi connectivity index (χ3n) is 4.53. The maximum Gasteiger partial charge on any atom is 0.243 e. The summed E-state index contributed by atoms with van der Waals surface area (Å²) in [4.78, 5) is 14.0. The van der Waals surface area contributed by atoms with E-state index in [0.717, 1.165) is 19.4 Å². The summed E-state index contributed by atoms with van der Waals surface area (Å²) >= 11 is 0. The molecule has 0 spiro atoms. The van der Waals surface area contributed by atoms with Crippen molar-refractivity contribution >= 4 is 28.3 Å². The van der Waals surface area contributed by atoms with Crippen LogP contribution in [0.2, 0.25) is 0 Å². The second kappa shape index (κ2) is 8.15. The van der Waals surface area contributed by atoms with E-state index in [2.05, 4.69) is 5.32 Å². The Morgan fingerprint density at radius 3 is 2.80 bits per heavy atom. The SMILES string of the molecule is Cl.N#Cc1cccc(S(=O)(=O)N2CCCC(N3CCNCC3=O)C2)c1. The average Bonchev–Trinajstić information content (AvgIpc) is 2.62. The van der Waals surface area contributed by atoms with Crippen LogP contribution in [-0.2, 0) is 14.8 Å². The molecule has 2 heterocycles. The predicted molar refractivity (Wildman–Crippen MR) is 94.8 cm³/mol. The molecule has 2 fully saturated rings. The van der Waals surface area contributed by atoms with E-state index in [0.29, 0.717) is 31.7 Å². The molecule has 0 radical (unpaired) electrons. The number of nitrogens with zero attached hydrogens (tertiary/aromatic N) is 3. The van der Waals surface area contributed by atoms with E-state index in [-0.39, 0.29) is 29.3 Å². The Balaban J connectivity index is 0.00000225. The van der Waals surface area contributed by atoms with Gasteiger partial charge in [-0.2, -0.15) is 9.57 Å². The van der Waals surface area contributed by atoms with Crippen LogP contribution in [-0.4, -0.2) is 62.3 Å². The maximum absolute atomic E-state index is 12.9. The van der Waals surface area contributed by atoms with Gasteiger partial charge in [-0.25, -0.2) is 8.42 Å². The zero-order valence-corrected chi connectivity index (χ0v) is 15.4. The second-order valence-corrected chi connectivity index (χ2v) is 8.00. The lowest BCUT2D eigenvalue weighted by Gasteiger charge is -2.40. The number of carbonyl (C=O) groups is 1. The summed E-state index contributed by atoms with van der Waals surface area (Å²) < 4.78 is 27.2. The number of piperazine rings is 1. The summed E-state index contributed by atoms with van der Waals surface area (Å²) in [5.74, 6) is 0.0250. The van der Waals surface area contributed by atoms with Crippen molar-refractivity contribution in [1.82, 2.24) is 14.5 Å². The van der Waals surface area contributed by atoms with Gasteiger partial charge < -0.3 is 10.2 Å². The Bertz CT molecular complexity index is 778. The number of nitriles is 1. The van der Waals surface area contributed by atoms with Gasteiger partial charge in [0.1, 0.15) is 0 Å². The van der Waals surface area contributed by atoms with Crippen molar-refractivity contribution in [2.45, 2.75) is 23.8 Å². The molecule has 3 rings (SSSR count). The Morgan fingerprint density at radius 1 is 1.28 bits per heavy atom. The van der Waals surface area contributed by atoms with Gasteiger partial charge in [0.2, 0.25) is 15.9 Å². The van der Waals surface area contributed by atoms with Gasteiger partial charge in [-0.3, -0.25) is 4.79 Å². The monoisotopic (exact) mass is 384 g/mol. The summed E-state index contributed by atoms with van der Waals surface area (Å²) in [6, 6.07) is 7.95. The quantitative estimate of drug-likeness (QED) is 0.822. The highest BCUT2D eigenvalue weighted by molar-refractivity contribution is 7.89. The molecule has 1 aromatic rings. The third kappa shape index (κ3) is 4.12. The van der Waals surface area contributed by atoms with Gasteiger partial charge in [-0.15, -0.1) is 12.4 Å². The van der Waals surface area contributed by atoms with Crippen LogP contribution in [0.3, 0.4) is 0 Å². The van der Waals surface area contributed by atoms with Crippen molar-refractivity contribution < 1.29 is 13.2 Å². The molecule has 0 aliphatic carbocycles. The lowest BCUT2D eigenvalue weighted by atomic mass is 10.1. The highest BCUT2D eigenvalue weighted by Gasteiger charge is 2.35. The molecule has 2 saturated heterocycles. The molecule has 1 unspecified atom stereocenters. The molecule has 9 heteroatoms. The summed E-state index contributed by atoms with van der Waals surface area (Å²) in [7, 11) is -3.66. The number of hydrogen-bond acceptors (Lipinski definition) is 5. The molecule has 0 bridgehead atoms.